The van der Waals surface area contributed by atoms with E-state index in [1.54, 1.807) is 5.57 Å². The summed E-state index contributed by atoms with van der Waals surface area (Å²) in [7, 11) is 0. The highest BCUT2D eigenvalue weighted by molar-refractivity contribution is 5.45. The lowest BCUT2D eigenvalue weighted by Gasteiger charge is -2.13. The molecule has 15 heavy (non-hydrogen) atoms. The number of allylic oxidation sites excluding steroid dienone is 4. The van der Waals surface area contributed by atoms with E-state index in [-0.39, 0.29) is 0 Å². The molecule has 2 aliphatic carbocycles. The largest absolute Gasteiger partial charge is 0.0740 e. The van der Waals surface area contributed by atoms with Crippen LogP contribution in [0.2, 0.25) is 0 Å². The number of hydrogen-bond donors (Lipinski definition) is 0. The van der Waals surface area contributed by atoms with E-state index in [0.29, 0.717) is 5.41 Å². The molecule has 0 heteroatoms. The van der Waals surface area contributed by atoms with E-state index in [4.69, 9.17) is 0 Å². The van der Waals surface area contributed by atoms with Gasteiger partial charge in [-0.1, -0.05) is 44.4 Å². The van der Waals surface area contributed by atoms with Gasteiger partial charge < -0.3 is 0 Å². The maximum atomic E-state index is 2.50. The van der Waals surface area contributed by atoms with Gasteiger partial charge in [-0.05, 0) is 44.1 Å². The third-order valence-electron chi connectivity index (χ3n) is 3.96. The molecule has 0 unspecified atom stereocenters. The van der Waals surface area contributed by atoms with Gasteiger partial charge >= 0.3 is 0 Å². The Balaban J connectivity index is 2.03. The Kier molecular flexibility index (Phi) is 3.33. The van der Waals surface area contributed by atoms with Crippen LogP contribution in [-0.2, 0) is 0 Å². The molecule has 1 fully saturated rings. The molecule has 84 valence electrons. The van der Waals surface area contributed by atoms with Crippen molar-refractivity contribution in [3.8, 4) is 0 Å². The van der Waals surface area contributed by atoms with Crippen molar-refractivity contribution in [3.63, 3.8) is 0 Å². The third-order valence-corrected chi connectivity index (χ3v) is 3.96. The molecule has 0 atom stereocenters. The van der Waals surface area contributed by atoms with E-state index in [2.05, 4.69) is 26.0 Å². The second-order valence-corrected chi connectivity index (χ2v) is 5.20. The Morgan fingerprint density at radius 3 is 2.33 bits per heavy atom. The molecule has 0 aromatic rings. The fourth-order valence-corrected chi connectivity index (χ4v) is 2.75. The van der Waals surface area contributed by atoms with E-state index in [1.807, 2.05) is 5.57 Å². The van der Waals surface area contributed by atoms with Gasteiger partial charge in [-0.2, -0.15) is 0 Å². The summed E-state index contributed by atoms with van der Waals surface area (Å²) in [5.74, 6) is 0. The Labute approximate surface area is 94.5 Å². The number of rotatable bonds is 6. The van der Waals surface area contributed by atoms with Crippen LogP contribution in [-0.4, -0.2) is 0 Å². The Hall–Kier alpha value is -0.520. The summed E-state index contributed by atoms with van der Waals surface area (Å²) < 4.78 is 0. The predicted octanol–water partition coefficient (Wildman–Crippen LogP) is 5.01. The molecule has 0 amide bonds. The van der Waals surface area contributed by atoms with Gasteiger partial charge in [0.25, 0.3) is 0 Å². The second-order valence-electron chi connectivity index (χ2n) is 5.20. The minimum absolute atomic E-state index is 0.582. The number of hydrogen-bond acceptors (Lipinski definition) is 0. The smallest absolute Gasteiger partial charge is 0.0101 e. The molecule has 0 nitrogen and oxygen atoms in total. The van der Waals surface area contributed by atoms with Gasteiger partial charge in [0.2, 0.25) is 0 Å². The van der Waals surface area contributed by atoms with E-state index in [0.717, 1.165) is 0 Å². The van der Waals surface area contributed by atoms with Crippen LogP contribution in [0.3, 0.4) is 0 Å². The summed E-state index contributed by atoms with van der Waals surface area (Å²) in [6.07, 6.45) is 15.9. The normalized spacial score (nSPS) is 21.7. The summed E-state index contributed by atoms with van der Waals surface area (Å²) in [6, 6.07) is 0. The minimum Gasteiger partial charge on any atom is -0.0740 e. The van der Waals surface area contributed by atoms with E-state index in [9.17, 15) is 0 Å². The first kappa shape index (κ1) is 11.0. The zero-order valence-electron chi connectivity index (χ0n) is 10.3. The molecule has 0 aromatic heterocycles. The molecule has 0 radical (unpaired) electrons. The zero-order chi connectivity index (χ0) is 10.7. The highest BCUT2D eigenvalue weighted by Crippen LogP contribution is 2.59. The van der Waals surface area contributed by atoms with Crippen molar-refractivity contribution in [2.45, 2.75) is 65.2 Å². The van der Waals surface area contributed by atoms with Gasteiger partial charge in [0, 0.05) is 5.41 Å². The standard InChI is InChI=1S/C15H24/c1-3-5-7-13-9-10-15(11-12-15)14(13)8-6-4-2/h9-10H,3-8,11-12H2,1-2H3. The van der Waals surface area contributed by atoms with Gasteiger partial charge in [0.05, 0.1) is 0 Å². The van der Waals surface area contributed by atoms with E-state index >= 15 is 0 Å². The van der Waals surface area contributed by atoms with Gasteiger partial charge in [-0.25, -0.2) is 0 Å². The van der Waals surface area contributed by atoms with Crippen LogP contribution in [0.1, 0.15) is 65.2 Å². The molecule has 0 aliphatic heterocycles. The molecule has 1 saturated carbocycles. The van der Waals surface area contributed by atoms with Crippen molar-refractivity contribution in [2.75, 3.05) is 0 Å². The maximum absolute atomic E-state index is 2.50. The lowest BCUT2D eigenvalue weighted by atomic mass is 9.91. The van der Waals surface area contributed by atoms with Crippen LogP contribution >= 0.6 is 0 Å². The molecular formula is C15H24. The first-order valence-electron chi connectivity index (χ1n) is 6.74. The van der Waals surface area contributed by atoms with Crippen molar-refractivity contribution in [3.05, 3.63) is 23.3 Å². The quantitative estimate of drug-likeness (QED) is 0.570. The SMILES string of the molecule is CCCCC1=C(CCCC)C2(C=C1)CC2. The average Bonchev–Trinajstić information content (AvgIpc) is 2.93. The van der Waals surface area contributed by atoms with Crippen LogP contribution in [0.15, 0.2) is 23.3 Å². The average molecular weight is 204 g/mol. The highest BCUT2D eigenvalue weighted by atomic mass is 14.5. The van der Waals surface area contributed by atoms with E-state index < -0.39 is 0 Å². The van der Waals surface area contributed by atoms with Crippen LogP contribution in [0.25, 0.3) is 0 Å². The number of unbranched alkanes of at least 4 members (excludes halogenated alkanes) is 2. The lowest BCUT2D eigenvalue weighted by Crippen LogP contribution is -1.99. The van der Waals surface area contributed by atoms with Gasteiger partial charge in [-0.15, -0.1) is 0 Å². The van der Waals surface area contributed by atoms with Crippen molar-refractivity contribution in [1.82, 2.24) is 0 Å². The summed E-state index contributed by atoms with van der Waals surface area (Å²) in [6.45, 7) is 4.59. The fourth-order valence-electron chi connectivity index (χ4n) is 2.75. The highest BCUT2D eigenvalue weighted by Gasteiger charge is 2.46. The van der Waals surface area contributed by atoms with Crippen LogP contribution < -0.4 is 0 Å². The summed E-state index contributed by atoms with van der Waals surface area (Å²) >= 11 is 0. The van der Waals surface area contributed by atoms with E-state index in [1.165, 1.54) is 51.4 Å². The summed E-state index contributed by atoms with van der Waals surface area (Å²) in [4.78, 5) is 0. The zero-order valence-corrected chi connectivity index (χ0v) is 10.3. The van der Waals surface area contributed by atoms with Gasteiger partial charge in [0.1, 0.15) is 0 Å². The monoisotopic (exact) mass is 204 g/mol. The molecule has 0 saturated heterocycles. The fraction of sp³-hybridized carbons (Fsp3) is 0.733. The van der Waals surface area contributed by atoms with Crippen molar-refractivity contribution in [1.29, 1.82) is 0 Å². The Morgan fingerprint density at radius 2 is 1.73 bits per heavy atom. The van der Waals surface area contributed by atoms with Crippen molar-refractivity contribution < 1.29 is 0 Å². The summed E-state index contributed by atoms with van der Waals surface area (Å²) in [5, 5.41) is 0. The third kappa shape index (κ3) is 2.19. The lowest BCUT2D eigenvalue weighted by molar-refractivity contribution is 0.671. The Morgan fingerprint density at radius 1 is 1.07 bits per heavy atom. The van der Waals surface area contributed by atoms with Crippen molar-refractivity contribution in [2.24, 2.45) is 5.41 Å². The molecular weight excluding hydrogens is 180 g/mol. The van der Waals surface area contributed by atoms with Crippen LogP contribution in [0.4, 0.5) is 0 Å². The molecule has 1 spiro atoms. The second kappa shape index (κ2) is 4.55. The van der Waals surface area contributed by atoms with Gasteiger partial charge in [0.15, 0.2) is 0 Å². The molecule has 2 aliphatic rings. The van der Waals surface area contributed by atoms with Crippen molar-refractivity contribution >= 4 is 0 Å². The predicted molar refractivity (Wildman–Crippen MR) is 66.9 cm³/mol. The Bertz CT molecular complexity index is 276. The topological polar surface area (TPSA) is 0 Å². The summed E-state index contributed by atoms with van der Waals surface area (Å²) in [5.41, 5.74) is 4.10. The first-order valence-corrected chi connectivity index (χ1v) is 6.74. The molecule has 0 aromatic carbocycles. The first-order chi connectivity index (χ1) is 7.32. The molecule has 0 N–H and O–H groups in total. The molecule has 0 bridgehead atoms. The maximum Gasteiger partial charge on any atom is 0.0101 e. The van der Waals surface area contributed by atoms with Gasteiger partial charge in [-0.3, -0.25) is 0 Å². The molecule has 0 heterocycles. The van der Waals surface area contributed by atoms with Crippen LogP contribution in [0.5, 0.6) is 0 Å². The molecule has 2 rings (SSSR count). The minimum atomic E-state index is 0.582. The van der Waals surface area contributed by atoms with Crippen LogP contribution in [0, 0.1) is 5.41 Å².